The van der Waals surface area contributed by atoms with E-state index in [-0.39, 0.29) is 24.1 Å². The smallest absolute Gasteiger partial charge is 0.330 e. The number of methoxy groups -OCH3 is 2. The lowest BCUT2D eigenvalue weighted by Gasteiger charge is -2.39. The molecule has 1 fully saturated rings. The second-order valence-corrected chi connectivity index (χ2v) is 7.91. The lowest BCUT2D eigenvalue weighted by Crippen LogP contribution is -2.52. The highest BCUT2D eigenvalue weighted by Gasteiger charge is 2.41. The van der Waals surface area contributed by atoms with Crippen LogP contribution >= 0.6 is 11.8 Å². The van der Waals surface area contributed by atoms with Gasteiger partial charge in [-0.05, 0) is 19.1 Å². The van der Waals surface area contributed by atoms with Gasteiger partial charge in [-0.1, -0.05) is 24.6 Å². The Morgan fingerprint density at radius 3 is 2.33 bits per heavy atom. The number of thioether (sulfide) groups is 1. The molecule has 2 heterocycles. The largest absolute Gasteiger partial charge is 0.493 e. The number of nitrogens with zero attached hydrogens (tertiary/aromatic N) is 4. The fourth-order valence-corrected chi connectivity index (χ4v) is 4.37. The van der Waals surface area contributed by atoms with Gasteiger partial charge in [-0.15, -0.1) is 0 Å². The lowest BCUT2D eigenvalue weighted by molar-refractivity contribution is 0.246. The van der Waals surface area contributed by atoms with E-state index in [1.165, 1.54) is 26.0 Å². The monoisotopic (exact) mass is 436 g/mol. The molecule has 1 aromatic carbocycles. The standard InChI is InChI=1S/C20H22F2N4O3S/c1-28-13-8-14(29-2)16(22)17(15(13)21)25-10-11-9-23-19(30-3)24-18(11)26(20(25)27)12-6-4-5-7-12/h8-9,12H,4-7,10H2,1-3H3. The topological polar surface area (TPSA) is 67.8 Å². The number of urea groups is 1. The summed E-state index contributed by atoms with van der Waals surface area (Å²) in [5.41, 5.74) is 0.124. The van der Waals surface area contributed by atoms with Gasteiger partial charge in [0.25, 0.3) is 0 Å². The minimum absolute atomic E-state index is 0.0593. The van der Waals surface area contributed by atoms with Crippen molar-refractivity contribution in [2.24, 2.45) is 0 Å². The molecule has 0 spiro atoms. The summed E-state index contributed by atoms with van der Waals surface area (Å²) in [4.78, 5) is 25.0. The molecule has 30 heavy (non-hydrogen) atoms. The first-order valence-electron chi connectivity index (χ1n) is 9.60. The number of amides is 2. The van der Waals surface area contributed by atoms with E-state index < -0.39 is 23.4 Å². The average Bonchev–Trinajstić information content (AvgIpc) is 3.28. The maximum absolute atomic E-state index is 15.1. The van der Waals surface area contributed by atoms with Gasteiger partial charge in [0.05, 0.1) is 20.8 Å². The number of anilines is 2. The molecule has 10 heteroatoms. The molecule has 0 radical (unpaired) electrons. The summed E-state index contributed by atoms with van der Waals surface area (Å²) in [5, 5.41) is 0.540. The van der Waals surface area contributed by atoms with E-state index in [4.69, 9.17) is 9.47 Å². The quantitative estimate of drug-likeness (QED) is 0.512. The van der Waals surface area contributed by atoms with Gasteiger partial charge in [0.2, 0.25) is 0 Å². The minimum Gasteiger partial charge on any atom is -0.493 e. The number of ether oxygens (including phenoxy) is 2. The first-order chi connectivity index (χ1) is 14.5. The van der Waals surface area contributed by atoms with Crippen molar-refractivity contribution in [2.45, 2.75) is 43.4 Å². The van der Waals surface area contributed by atoms with Crippen LogP contribution in [0.2, 0.25) is 0 Å². The van der Waals surface area contributed by atoms with Crippen LogP contribution in [0, 0.1) is 11.6 Å². The Labute approximate surface area is 177 Å². The number of hydrogen-bond donors (Lipinski definition) is 0. The Bertz CT molecular complexity index is 957. The zero-order valence-corrected chi connectivity index (χ0v) is 17.8. The molecular weight excluding hydrogens is 414 g/mol. The molecule has 7 nitrogen and oxygen atoms in total. The van der Waals surface area contributed by atoms with Gasteiger partial charge < -0.3 is 9.47 Å². The number of aromatic nitrogens is 2. The van der Waals surface area contributed by atoms with Crippen LogP contribution in [0.3, 0.4) is 0 Å². The molecule has 2 aliphatic rings. The summed E-state index contributed by atoms with van der Waals surface area (Å²) in [7, 11) is 2.55. The van der Waals surface area contributed by atoms with Crippen LogP contribution in [0.5, 0.6) is 11.5 Å². The molecule has 0 atom stereocenters. The zero-order valence-electron chi connectivity index (χ0n) is 16.9. The third kappa shape index (κ3) is 3.32. The maximum Gasteiger partial charge on any atom is 0.330 e. The number of carbonyl (C=O) groups excluding carboxylic acids is 1. The third-order valence-corrected chi connectivity index (χ3v) is 6.07. The van der Waals surface area contributed by atoms with Crippen molar-refractivity contribution in [3.8, 4) is 11.5 Å². The Kier molecular flexibility index (Phi) is 5.68. The van der Waals surface area contributed by atoms with Crippen molar-refractivity contribution >= 4 is 29.3 Å². The second kappa shape index (κ2) is 8.25. The SMILES string of the molecule is COc1cc(OC)c(F)c(N2Cc3cnc(SC)nc3N(C3CCCC3)C2=O)c1F. The average molecular weight is 436 g/mol. The number of halogens is 2. The van der Waals surface area contributed by atoms with Crippen LogP contribution in [0.1, 0.15) is 31.2 Å². The first-order valence-corrected chi connectivity index (χ1v) is 10.8. The van der Waals surface area contributed by atoms with Gasteiger partial charge in [-0.25, -0.2) is 23.5 Å². The van der Waals surface area contributed by atoms with E-state index in [2.05, 4.69) is 9.97 Å². The van der Waals surface area contributed by atoms with Gasteiger partial charge in [0, 0.05) is 23.9 Å². The molecule has 0 N–H and O–H groups in total. The summed E-state index contributed by atoms with van der Waals surface area (Å²) in [6, 6.07) is 0.523. The fourth-order valence-electron chi connectivity index (χ4n) is 4.04. The Hall–Kier alpha value is -2.62. The van der Waals surface area contributed by atoms with E-state index in [0.717, 1.165) is 36.6 Å². The highest BCUT2D eigenvalue weighted by molar-refractivity contribution is 7.98. The van der Waals surface area contributed by atoms with Crippen molar-refractivity contribution in [3.63, 3.8) is 0 Å². The number of fused-ring (bicyclic) bond motifs is 1. The van der Waals surface area contributed by atoms with E-state index in [1.54, 1.807) is 11.1 Å². The summed E-state index contributed by atoms with van der Waals surface area (Å²) in [6.45, 7) is -0.0593. The zero-order chi connectivity index (χ0) is 21.4. The van der Waals surface area contributed by atoms with Crippen molar-refractivity contribution in [2.75, 3.05) is 30.3 Å². The Morgan fingerprint density at radius 1 is 1.13 bits per heavy atom. The highest BCUT2D eigenvalue weighted by atomic mass is 32.2. The number of carbonyl (C=O) groups is 1. The molecule has 1 aliphatic carbocycles. The Morgan fingerprint density at radius 2 is 1.77 bits per heavy atom. The van der Waals surface area contributed by atoms with Crippen LogP contribution in [-0.2, 0) is 6.54 Å². The normalized spacial score (nSPS) is 16.8. The lowest BCUT2D eigenvalue weighted by atomic mass is 10.1. The van der Waals surface area contributed by atoms with Crippen LogP contribution in [0.4, 0.5) is 25.1 Å². The van der Waals surface area contributed by atoms with Crippen molar-refractivity contribution in [1.29, 1.82) is 0 Å². The summed E-state index contributed by atoms with van der Waals surface area (Å²) < 4.78 is 40.3. The fraction of sp³-hybridized carbons (Fsp3) is 0.450. The maximum atomic E-state index is 15.1. The van der Waals surface area contributed by atoms with Gasteiger partial charge in [0.15, 0.2) is 28.3 Å². The van der Waals surface area contributed by atoms with Gasteiger partial charge in [-0.3, -0.25) is 9.80 Å². The number of hydrogen-bond acceptors (Lipinski definition) is 6. The van der Waals surface area contributed by atoms with Crippen LogP contribution in [-0.4, -0.2) is 42.5 Å². The van der Waals surface area contributed by atoms with Gasteiger partial charge >= 0.3 is 6.03 Å². The Balaban J connectivity index is 1.87. The summed E-state index contributed by atoms with van der Waals surface area (Å²) in [6.07, 6.45) is 7.06. The van der Waals surface area contributed by atoms with Crippen LogP contribution < -0.4 is 19.3 Å². The second-order valence-electron chi connectivity index (χ2n) is 7.14. The predicted octanol–water partition coefficient (Wildman–Crippen LogP) is 4.38. The molecule has 2 amide bonds. The highest BCUT2D eigenvalue weighted by Crippen LogP contribution is 2.42. The molecular formula is C20H22F2N4O3S. The third-order valence-electron chi connectivity index (χ3n) is 5.51. The van der Waals surface area contributed by atoms with E-state index in [0.29, 0.717) is 16.5 Å². The van der Waals surface area contributed by atoms with Crippen LogP contribution in [0.15, 0.2) is 17.4 Å². The first kappa shape index (κ1) is 20.6. The molecule has 0 unspecified atom stereocenters. The molecule has 1 aliphatic heterocycles. The van der Waals surface area contributed by atoms with E-state index >= 15 is 8.78 Å². The number of rotatable bonds is 5. The molecule has 4 rings (SSSR count). The predicted molar refractivity (Wildman–Crippen MR) is 110 cm³/mol. The van der Waals surface area contributed by atoms with Gasteiger partial charge in [0.1, 0.15) is 11.5 Å². The minimum atomic E-state index is -0.958. The summed E-state index contributed by atoms with van der Waals surface area (Å²) >= 11 is 1.37. The molecule has 1 aromatic heterocycles. The van der Waals surface area contributed by atoms with Crippen molar-refractivity contribution in [3.05, 3.63) is 29.5 Å². The molecule has 0 bridgehead atoms. The van der Waals surface area contributed by atoms with Crippen molar-refractivity contribution in [1.82, 2.24) is 9.97 Å². The van der Waals surface area contributed by atoms with Gasteiger partial charge in [-0.2, -0.15) is 0 Å². The number of benzene rings is 1. The van der Waals surface area contributed by atoms with E-state index in [9.17, 15) is 4.79 Å². The molecule has 160 valence electrons. The molecule has 2 aromatic rings. The molecule has 1 saturated carbocycles. The molecule has 0 saturated heterocycles. The van der Waals surface area contributed by atoms with Crippen molar-refractivity contribution < 1.29 is 23.0 Å². The summed E-state index contributed by atoms with van der Waals surface area (Å²) in [5.74, 6) is -1.81. The van der Waals surface area contributed by atoms with Crippen LogP contribution in [0.25, 0.3) is 0 Å². The van der Waals surface area contributed by atoms with E-state index in [1.807, 2.05) is 6.26 Å².